The summed E-state index contributed by atoms with van der Waals surface area (Å²) in [5, 5.41) is 10.3. The molecule has 0 fully saturated rings. The largest absolute Gasteiger partial charge is 0.290 e. The highest BCUT2D eigenvalue weighted by molar-refractivity contribution is 7.83. The van der Waals surface area contributed by atoms with Gasteiger partial charge in [0, 0.05) is 43.8 Å². The van der Waals surface area contributed by atoms with Crippen molar-refractivity contribution in [2.24, 2.45) is 0 Å². The van der Waals surface area contributed by atoms with Crippen LogP contribution < -0.4 is 9.80 Å². The smallest absolute Gasteiger partial charge is 0.119 e. The van der Waals surface area contributed by atoms with E-state index in [1.165, 1.54) is 0 Å². The number of hydrogen-bond donors (Lipinski definition) is 0. The topological polar surface area (TPSA) is 6.48 Å². The van der Waals surface area contributed by atoms with Crippen molar-refractivity contribution in [3.63, 3.8) is 0 Å². The maximum atomic E-state index is 5.90. The van der Waals surface area contributed by atoms with Crippen LogP contribution in [0.3, 0.4) is 0 Å². The van der Waals surface area contributed by atoms with Crippen LogP contribution in [0.5, 0.6) is 0 Å². The SMILES string of the molecule is S=C1c2ccc3c4c(ccc(c24)C(=S)N1c1ccsc1)C(=S)N(c1ccsc1)C3=S. The van der Waals surface area contributed by atoms with Gasteiger partial charge in [-0.2, -0.15) is 22.7 Å². The lowest BCUT2D eigenvalue weighted by molar-refractivity contribution is 1.43. The molecular weight excluding hydrogens is 485 g/mol. The number of thiophene rings is 2. The first-order valence-electron chi connectivity index (χ1n) is 8.99. The van der Waals surface area contributed by atoms with Gasteiger partial charge >= 0.3 is 0 Å². The van der Waals surface area contributed by atoms with E-state index in [9.17, 15) is 0 Å². The van der Waals surface area contributed by atoms with Gasteiger partial charge in [-0.25, -0.2) is 0 Å². The minimum Gasteiger partial charge on any atom is -0.290 e. The molecule has 2 aliphatic rings. The van der Waals surface area contributed by atoms with Crippen molar-refractivity contribution < 1.29 is 0 Å². The molecule has 0 bridgehead atoms. The molecule has 2 nitrogen and oxygen atoms in total. The Morgan fingerprint density at radius 3 is 1.10 bits per heavy atom. The molecule has 0 N–H and O–H groups in total. The van der Waals surface area contributed by atoms with E-state index in [0.29, 0.717) is 20.0 Å². The summed E-state index contributed by atoms with van der Waals surface area (Å²) in [6, 6.07) is 12.4. The van der Waals surface area contributed by atoms with E-state index >= 15 is 0 Å². The van der Waals surface area contributed by atoms with E-state index in [0.717, 1.165) is 44.4 Å². The molecule has 4 aromatic rings. The molecule has 4 heterocycles. The van der Waals surface area contributed by atoms with Gasteiger partial charge in [-0.3, -0.25) is 9.80 Å². The Morgan fingerprint density at radius 2 is 0.833 bits per heavy atom. The fraction of sp³-hybridized carbons (Fsp3) is 0. The van der Waals surface area contributed by atoms with E-state index in [4.69, 9.17) is 48.9 Å². The van der Waals surface area contributed by atoms with Gasteiger partial charge in [-0.05, 0) is 22.9 Å². The molecule has 0 amide bonds. The van der Waals surface area contributed by atoms with Crippen LogP contribution >= 0.6 is 71.5 Å². The van der Waals surface area contributed by atoms with Crippen LogP contribution in [0.15, 0.2) is 57.9 Å². The first kappa shape index (κ1) is 18.8. The van der Waals surface area contributed by atoms with E-state index in [-0.39, 0.29) is 0 Å². The summed E-state index contributed by atoms with van der Waals surface area (Å²) in [6.45, 7) is 0. The second-order valence-electron chi connectivity index (χ2n) is 6.93. The normalized spacial score (nSPS) is 15.5. The van der Waals surface area contributed by atoms with E-state index in [1.54, 1.807) is 22.7 Å². The Labute approximate surface area is 202 Å². The third-order valence-corrected chi connectivity index (χ3v) is 8.37. The van der Waals surface area contributed by atoms with Crippen LogP contribution in [0, 0.1) is 0 Å². The molecule has 2 aromatic carbocycles. The molecule has 0 saturated carbocycles. The highest BCUT2D eigenvalue weighted by Gasteiger charge is 2.35. The second-order valence-corrected chi connectivity index (χ2v) is 10.0. The lowest BCUT2D eigenvalue weighted by atomic mass is 9.86. The minimum atomic E-state index is 0.715. The van der Waals surface area contributed by atoms with Crippen molar-refractivity contribution >= 4 is 114 Å². The zero-order valence-corrected chi connectivity index (χ0v) is 20.0. The monoisotopic (exact) mass is 494 g/mol. The average molecular weight is 495 g/mol. The van der Waals surface area contributed by atoms with Crippen LogP contribution in [0.1, 0.15) is 22.3 Å². The van der Waals surface area contributed by atoms with Gasteiger partial charge in [0.15, 0.2) is 0 Å². The molecule has 0 saturated heterocycles. The molecule has 8 heteroatoms. The van der Waals surface area contributed by atoms with E-state index in [2.05, 4.69) is 35.0 Å². The fourth-order valence-corrected chi connectivity index (χ4v) is 6.94. The highest BCUT2D eigenvalue weighted by atomic mass is 32.1. The molecule has 30 heavy (non-hydrogen) atoms. The lowest BCUT2D eigenvalue weighted by Crippen LogP contribution is -2.42. The quantitative estimate of drug-likeness (QED) is 0.284. The Morgan fingerprint density at radius 1 is 0.500 bits per heavy atom. The van der Waals surface area contributed by atoms with Crippen molar-refractivity contribution in [3.05, 3.63) is 80.2 Å². The number of thiocarbonyl (C=S) groups is 4. The highest BCUT2D eigenvalue weighted by Crippen LogP contribution is 2.41. The molecule has 6 rings (SSSR count). The van der Waals surface area contributed by atoms with Crippen molar-refractivity contribution in [2.75, 3.05) is 9.80 Å². The van der Waals surface area contributed by atoms with Crippen molar-refractivity contribution in [3.8, 4) is 0 Å². The average Bonchev–Trinajstić information content (AvgIpc) is 3.45. The van der Waals surface area contributed by atoms with Crippen LogP contribution in [0.2, 0.25) is 0 Å². The fourth-order valence-electron chi connectivity index (χ4n) is 4.11. The van der Waals surface area contributed by atoms with Crippen molar-refractivity contribution in [2.45, 2.75) is 0 Å². The molecular formula is C22H10N2S6. The van der Waals surface area contributed by atoms with Gasteiger partial charge in [0.1, 0.15) is 20.0 Å². The van der Waals surface area contributed by atoms with Gasteiger partial charge < -0.3 is 0 Å². The minimum absolute atomic E-state index is 0.715. The predicted molar refractivity (Wildman–Crippen MR) is 144 cm³/mol. The molecule has 0 aliphatic carbocycles. The summed E-state index contributed by atoms with van der Waals surface area (Å²) in [5.74, 6) is 0. The molecule has 2 aromatic heterocycles. The van der Waals surface area contributed by atoms with Crippen LogP contribution in [0.4, 0.5) is 11.4 Å². The molecule has 2 aliphatic heterocycles. The Kier molecular flexibility index (Phi) is 4.25. The number of benzene rings is 2. The predicted octanol–water partition coefficient (Wildman–Crippen LogP) is 6.71. The van der Waals surface area contributed by atoms with Crippen LogP contribution in [0.25, 0.3) is 10.8 Å². The summed E-state index contributed by atoms with van der Waals surface area (Å²) >= 11 is 26.8. The molecule has 144 valence electrons. The maximum absolute atomic E-state index is 5.90. The van der Waals surface area contributed by atoms with E-state index in [1.807, 2.05) is 32.7 Å². The molecule has 0 spiro atoms. The van der Waals surface area contributed by atoms with Gasteiger partial charge in [-0.15, -0.1) is 0 Å². The zero-order chi connectivity index (χ0) is 20.6. The summed E-state index contributed by atoms with van der Waals surface area (Å²) in [7, 11) is 0. The van der Waals surface area contributed by atoms with Gasteiger partial charge in [0.05, 0.1) is 11.4 Å². The molecule has 0 radical (unpaired) electrons. The number of rotatable bonds is 2. The van der Waals surface area contributed by atoms with Crippen molar-refractivity contribution in [1.29, 1.82) is 0 Å². The van der Waals surface area contributed by atoms with Crippen LogP contribution in [-0.4, -0.2) is 20.0 Å². The summed E-state index contributed by atoms with van der Waals surface area (Å²) in [5.41, 5.74) is 5.99. The lowest BCUT2D eigenvalue weighted by Gasteiger charge is -2.36. The number of nitrogens with zero attached hydrogens (tertiary/aromatic N) is 2. The molecule has 0 unspecified atom stereocenters. The Hall–Kier alpha value is -1.94. The van der Waals surface area contributed by atoms with Gasteiger partial charge in [-0.1, -0.05) is 73.1 Å². The first-order valence-corrected chi connectivity index (χ1v) is 12.5. The third-order valence-electron chi connectivity index (χ3n) is 5.42. The number of anilines is 2. The summed E-state index contributed by atoms with van der Waals surface area (Å²) < 4.78 is 0. The maximum Gasteiger partial charge on any atom is 0.119 e. The Balaban J connectivity index is 1.63. The Bertz CT molecular complexity index is 1240. The van der Waals surface area contributed by atoms with Crippen molar-refractivity contribution in [1.82, 2.24) is 0 Å². The standard InChI is InChI=1S/C22H10N2S6/c25-19-13-1-2-14-18-16(22(28)24(20(14)26)12-6-8-30-10-12)4-3-15(17(13)18)21(27)23(19)11-5-7-29-9-11/h1-10H. The third kappa shape index (κ3) is 2.43. The van der Waals surface area contributed by atoms with E-state index < -0.39 is 0 Å². The second kappa shape index (κ2) is 6.78. The zero-order valence-electron chi connectivity index (χ0n) is 15.1. The van der Waals surface area contributed by atoms with Gasteiger partial charge in [0.25, 0.3) is 0 Å². The van der Waals surface area contributed by atoms with Crippen LogP contribution in [-0.2, 0) is 0 Å². The molecule has 0 atom stereocenters. The first-order chi connectivity index (χ1) is 14.6. The number of hydrogen-bond acceptors (Lipinski definition) is 6. The summed E-state index contributed by atoms with van der Waals surface area (Å²) in [4.78, 5) is 6.83. The summed E-state index contributed by atoms with van der Waals surface area (Å²) in [6.07, 6.45) is 0. The van der Waals surface area contributed by atoms with Gasteiger partial charge in [0.2, 0.25) is 0 Å².